The number of hydrogen-bond donors (Lipinski definition) is 1. The van der Waals surface area contributed by atoms with E-state index in [4.69, 9.17) is 4.52 Å². The Morgan fingerprint density at radius 1 is 1.10 bits per heavy atom. The van der Waals surface area contributed by atoms with Gasteiger partial charge in [0.15, 0.2) is 5.76 Å². The highest BCUT2D eigenvalue weighted by Crippen LogP contribution is 2.24. The number of fused-ring (bicyclic) bond motifs is 1. The summed E-state index contributed by atoms with van der Waals surface area (Å²) in [5.74, 6) is 0.974. The highest BCUT2D eigenvalue weighted by molar-refractivity contribution is 5.87. The monoisotopic (exact) mass is 392 g/mol. The number of carbonyl (C=O) groups excluding carboxylic acids is 1. The van der Waals surface area contributed by atoms with Crippen LogP contribution in [0.15, 0.2) is 53.1 Å². The number of carbonyl (C=O) groups is 1. The Bertz CT molecular complexity index is 970. The van der Waals surface area contributed by atoms with Gasteiger partial charge in [0.25, 0.3) is 0 Å². The molecule has 0 aliphatic carbocycles. The lowest BCUT2D eigenvalue weighted by atomic mass is 10.00. The molecule has 0 saturated carbocycles. The fourth-order valence-electron chi connectivity index (χ4n) is 4.01. The number of aryl methyl sites for hydroxylation is 1. The minimum absolute atomic E-state index is 0.0235. The Kier molecular flexibility index (Phi) is 5.92. The maximum atomic E-state index is 12.6. The van der Waals surface area contributed by atoms with Gasteiger partial charge >= 0.3 is 0 Å². The number of piperazine rings is 1. The van der Waals surface area contributed by atoms with E-state index in [0.717, 1.165) is 49.7 Å². The van der Waals surface area contributed by atoms with E-state index in [2.05, 4.69) is 57.5 Å². The summed E-state index contributed by atoms with van der Waals surface area (Å²) in [6.45, 7) is 8.80. The zero-order chi connectivity index (χ0) is 20.2. The number of hydrogen-bond acceptors (Lipinski definition) is 5. The van der Waals surface area contributed by atoms with Gasteiger partial charge in [-0.3, -0.25) is 14.6 Å². The van der Waals surface area contributed by atoms with Crippen LogP contribution in [0, 0.1) is 6.92 Å². The van der Waals surface area contributed by atoms with Crippen LogP contribution >= 0.6 is 0 Å². The van der Waals surface area contributed by atoms with Crippen molar-refractivity contribution in [1.82, 2.24) is 20.3 Å². The van der Waals surface area contributed by atoms with E-state index in [-0.39, 0.29) is 11.9 Å². The van der Waals surface area contributed by atoms with Crippen molar-refractivity contribution in [3.05, 3.63) is 65.5 Å². The fraction of sp³-hybridized carbons (Fsp3) is 0.391. The van der Waals surface area contributed by atoms with E-state index in [0.29, 0.717) is 6.54 Å². The summed E-state index contributed by atoms with van der Waals surface area (Å²) in [4.78, 5) is 17.2. The van der Waals surface area contributed by atoms with Gasteiger partial charge in [-0.1, -0.05) is 47.6 Å². The van der Waals surface area contributed by atoms with E-state index >= 15 is 0 Å². The molecule has 1 aromatic heterocycles. The van der Waals surface area contributed by atoms with E-state index in [1.165, 1.54) is 10.8 Å². The third-order valence-corrected chi connectivity index (χ3v) is 5.56. The molecule has 6 heteroatoms. The number of aromatic nitrogens is 1. The Balaban J connectivity index is 1.28. The molecular formula is C23H28N4O2. The summed E-state index contributed by atoms with van der Waals surface area (Å²) in [6.07, 6.45) is 0. The second kappa shape index (κ2) is 8.76. The molecule has 1 atom stereocenters. The summed E-state index contributed by atoms with van der Waals surface area (Å²) >= 11 is 0. The molecule has 6 nitrogen and oxygen atoms in total. The first-order chi connectivity index (χ1) is 14.1. The second-order valence-corrected chi connectivity index (χ2v) is 7.84. The summed E-state index contributed by atoms with van der Waals surface area (Å²) in [5.41, 5.74) is 2.07. The highest BCUT2D eigenvalue weighted by Gasteiger charge is 2.21. The van der Waals surface area contributed by atoms with Crippen molar-refractivity contribution in [2.75, 3.05) is 32.7 Å². The predicted octanol–water partition coefficient (Wildman–Crippen LogP) is 3.13. The molecule has 4 rings (SSSR count). The van der Waals surface area contributed by atoms with Crippen molar-refractivity contribution in [2.24, 2.45) is 0 Å². The zero-order valence-corrected chi connectivity index (χ0v) is 17.1. The normalized spacial score (nSPS) is 16.8. The van der Waals surface area contributed by atoms with Gasteiger partial charge in [-0.15, -0.1) is 0 Å². The molecule has 29 heavy (non-hydrogen) atoms. The van der Waals surface area contributed by atoms with Crippen LogP contribution in [0.2, 0.25) is 0 Å². The van der Waals surface area contributed by atoms with E-state index in [9.17, 15) is 4.79 Å². The Hall–Kier alpha value is -2.70. The molecule has 1 unspecified atom stereocenters. The number of benzene rings is 2. The first-order valence-corrected chi connectivity index (χ1v) is 10.2. The van der Waals surface area contributed by atoms with Crippen molar-refractivity contribution in [3.63, 3.8) is 0 Å². The molecule has 1 saturated heterocycles. The Labute approximate surface area is 171 Å². The molecule has 0 bridgehead atoms. The minimum atomic E-state index is -0.0235. The SMILES string of the molecule is Cc1cc(CN2CCN(CC(=O)NC(C)c3cccc4ccccc34)CC2)on1. The third-order valence-electron chi connectivity index (χ3n) is 5.56. The lowest BCUT2D eigenvalue weighted by molar-refractivity contribution is -0.123. The molecule has 152 valence electrons. The smallest absolute Gasteiger partial charge is 0.234 e. The van der Waals surface area contributed by atoms with Crippen LogP contribution in [0.3, 0.4) is 0 Å². The van der Waals surface area contributed by atoms with Crippen molar-refractivity contribution in [1.29, 1.82) is 0 Å². The molecule has 3 aromatic rings. The largest absolute Gasteiger partial charge is 0.360 e. The molecule has 1 fully saturated rings. The maximum Gasteiger partial charge on any atom is 0.234 e. The first kappa shape index (κ1) is 19.6. The molecular weight excluding hydrogens is 364 g/mol. The second-order valence-electron chi connectivity index (χ2n) is 7.84. The lowest BCUT2D eigenvalue weighted by Crippen LogP contribution is -2.49. The minimum Gasteiger partial charge on any atom is -0.360 e. The van der Waals surface area contributed by atoms with Gasteiger partial charge in [0, 0.05) is 32.2 Å². The van der Waals surface area contributed by atoms with Gasteiger partial charge in [0.1, 0.15) is 0 Å². The van der Waals surface area contributed by atoms with Crippen LogP contribution < -0.4 is 5.32 Å². The van der Waals surface area contributed by atoms with Gasteiger partial charge in [-0.05, 0) is 30.2 Å². The van der Waals surface area contributed by atoms with Crippen molar-refractivity contribution in [3.8, 4) is 0 Å². The van der Waals surface area contributed by atoms with E-state index < -0.39 is 0 Å². The topological polar surface area (TPSA) is 61.6 Å². The Morgan fingerprint density at radius 3 is 2.59 bits per heavy atom. The van der Waals surface area contributed by atoms with Gasteiger partial charge < -0.3 is 9.84 Å². The molecule has 1 aliphatic rings. The number of amides is 1. The summed E-state index contributed by atoms with van der Waals surface area (Å²) in [7, 11) is 0. The predicted molar refractivity (Wildman–Crippen MR) is 113 cm³/mol. The first-order valence-electron chi connectivity index (χ1n) is 10.2. The van der Waals surface area contributed by atoms with Crippen LogP contribution in [0.25, 0.3) is 10.8 Å². The van der Waals surface area contributed by atoms with Crippen LogP contribution in [0.5, 0.6) is 0 Å². The molecule has 2 heterocycles. The van der Waals surface area contributed by atoms with E-state index in [1.807, 2.05) is 25.1 Å². The van der Waals surface area contributed by atoms with Crippen LogP contribution in [0.4, 0.5) is 0 Å². The van der Waals surface area contributed by atoms with Crippen LogP contribution in [-0.2, 0) is 11.3 Å². The molecule has 1 N–H and O–H groups in total. The van der Waals surface area contributed by atoms with Gasteiger partial charge in [-0.25, -0.2) is 0 Å². The van der Waals surface area contributed by atoms with Crippen molar-refractivity contribution < 1.29 is 9.32 Å². The van der Waals surface area contributed by atoms with Crippen LogP contribution in [0.1, 0.15) is 30.0 Å². The van der Waals surface area contributed by atoms with Gasteiger partial charge in [-0.2, -0.15) is 0 Å². The summed E-state index contributed by atoms with van der Waals surface area (Å²) in [6, 6.07) is 16.5. The molecule has 1 amide bonds. The molecule has 1 aliphatic heterocycles. The third kappa shape index (κ3) is 4.83. The average Bonchev–Trinajstić information content (AvgIpc) is 3.13. The summed E-state index contributed by atoms with van der Waals surface area (Å²) < 4.78 is 5.31. The lowest BCUT2D eigenvalue weighted by Gasteiger charge is -2.33. The van der Waals surface area contributed by atoms with Crippen molar-refractivity contribution in [2.45, 2.75) is 26.4 Å². The fourth-order valence-corrected chi connectivity index (χ4v) is 4.01. The average molecular weight is 393 g/mol. The summed E-state index contributed by atoms with van der Waals surface area (Å²) in [5, 5.41) is 9.51. The van der Waals surface area contributed by atoms with Gasteiger partial charge in [0.05, 0.1) is 24.8 Å². The standard InChI is InChI=1S/C23H28N4O2/c1-17-14-20(29-25-17)15-26-10-12-27(13-11-26)16-23(28)24-18(2)21-9-5-7-19-6-3-4-8-22(19)21/h3-9,14,18H,10-13,15-16H2,1-2H3,(H,24,28). The Morgan fingerprint density at radius 2 is 1.83 bits per heavy atom. The maximum absolute atomic E-state index is 12.6. The quantitative estimate of drug-likeness (QED) is 0.698. The zero-order valence-electron chi connectivity index (χ0n) is 17.1. The number of nitrogens with zero attached hydrogens (tertiary/aromatic N) is 3. The molecule has 0 spiro atoms. The van der Waals surface area contributed by atoms with Crippen molar-refractivity contribution >= 4 is 16.7 Å². The van der Waals surface area contributed by atoms with Crippen LogP contribution in [-0.4, -0.2) is 53.6 Å². The molecule has 0 radical (unpaired) electrons. The molecule has 2 aromatic carbocycles. The number of nitrogens with one attached hydrogen (secondary N) is 1. The highest BCUT2D eigenvalue weighted by atomic mass is 16.5. The van der Waals surface area contributed by atoms with E-state index in [1.54, 1.807) is 0 Å². The van der Waals surface area contributed by atoms with Gasteiger partial charge in [0.2, 0.25) is 5.91 Å². The number of rotatable bonds is 6.